The molecule has 1 aromatic carbocycles. The maximum Gasteiger partial charge on any atom is 0.429 e. The SMILES string of the molecule is CC(C)(C)OC(=O)NN(C(=O)OC(C)(C)C)[C@H](CO)[C@@H](O)/C=C/c1ccccc1. The van der Waals surface area contributed by atoms with Gasteiger partial charge in [0.2, 0.25) is 0 Å². The van der Waals surface area contributed by atoms with Gasteiger partial charge in [-0.05, 0) is 47.1 Å². The van der Waals surface area contributed by atoms with Crippen LogP contribution in [0.1, 0.15) is 47.1 Å². The average molecular weight is 408 g/mol. The molecule has 0 aliphatic carbocycles. The van der Waals surface area contributed by atoms with Crippen LogP contribution >= 0.6 is 0 Å². The monoisotopic (exact) mass is 408 g/mol. The Balaban J connectivity index is 3.06. The molecule has 1 aromatic rings. The van der Waals surface area contributed by atoms with E-state index in [9.17, 15) is 19.8 Å². The number of ether oxygens (including phenoxy) is 2. The number of benzene rings is 1. The number of nitrogens with zero attached hydrogens (tertiary/aromatic N) is 1. The summed E-state index contributed by atoms with van der Waals surface area (Å²) < 4.78 is 10.5. The van der Waals surface area contributed by atoms with Gasteiger partial charge in [-0.25, -0.2) is 20.0 Å². The smallest absolute Gasteiger partial charge is 0.429 e. The molecular formula is C21H32N2O6. The topological polar surface area (TPSA) is 108 Å². The summed E-state index contributed by atoms with van der Waals surface area (Å²) in [6.45, 7) is 9.38. The zero-order valence-corrected chi connectivity index (χ0v) is 17.9. The molecule has 0 heterocycles. The molecule has 3 N–H and O–H groups in total. The van der Waals surface area contributed by atoms with Crippen LogP contribution < -0.4 is 5.43 Å². The Morgan fingerprint density at radius 1 is 1.07 bits per heavy atom. The first-order chi connectivity index (χ1) is 13.3. The van der Waals surface area contributed by atoms with Gasteiger partial charge in [-0.2, -0.15) is 0 Å². The summed E-state index contributed by atoms with van der Waals surface area (Å²) in [5.41, 5.74) is 1.44. The molecule has 0 bridgehead atoms. The van der Waals surface area contributed by atoms with E-state index in [1.54, 1.807) is 47.6 Å². The predicted octanol–water partition coefficient (Wildman–Crippen LogP) is 3.10. The van der Waals surface area contributed by atoms with Crippen molar-refractivity contribution in [3.8, 4) is 0 Å². The maximum absolute atomic E-state index is 12.6. The Labute approximate surface area is 172 Å². The van der Waals surface area contributed by atoms with Gasteiger partial charge in [0.25, 0.3) is 0 Å². The highest BCUT2D eigenvalue weighted by Crippen LogP contribution is 2.15. The van der Waals surface area contributed by atoms with Crippen LogP contribution in [0.3, 0.4) is 0 Å². The molecule has 1 rings (SSSR count). The summed E-state index contributed by atoms with van der Waals surface area (Å²) in [6, 6.07) is 8.01. The molecular weight excluding hydrogens is 376 g/mol. The third-order valence-electron chi connectivity index (χ3n) is 3.40. The van der Waals surface area contributed by atoms with Crippen molar-refractivity contribution in [2.24, 2.45) is 0 Å². The van der Waals surface area contributed by atoms with Crippen LogP contribution in [0.15, 0.2) is 36.4 Å². The lowest BCUT2D eigenvalue weighted by Crippen LogP contribution is -2.58. The number of hydrogen-bond acceptors (Lipinski definition) is 6. The lowest BCUT2D eigenvalue weighted by Gasteiger charge is -2.34. The average Bonchev–Trinajstić information content (AvgIpc) is 2.57. The summed E-state index contributed by atoms with van der Waals surface area (Å²) in [5.74, 6) is 0. The molecule has 29 heavy (non-hydrogen) atoms. The first-order valence-electron chi connectivity index (χ1n) is 9.36. The van der Waals surface area contributed by atoms with E-state index in [0.717, 1.165) is 10.6 Å². The van der Waals surface area contributed by atoms with Gasteiger partial charge in [0, 0.05) is 0 Å². The largest absolute Gasteiger partial charge is 0.443 e. The summed E-state index contributed by atoms with van der Waals surface area (Å²) in [7, 11) is 0. The van der Waals surface area contributed by atoms with Crippen LogP contribution in [0, 0.1) is 0 Å². The Bertz CT molecular complexity index is 691. The van der Waals surface area contributed by atoms with E-state index in [2.05, 4.69) is 5.43 Å². The molecule has 0 fully saturated rings. The Morgan fingerprint density at radius 3 is 2.10 bits per heavy atom. The quantitative estimate of drug-likeness (QED) is 0.646. The molecule has 2 atom stereocenters. The predicted molar refractivity (Wildman–Crippen MR) is 110 cm³/mol. The van der Waals surface area contributed by atoms with Crippen LogP contribution in [-0.4, -0.2) is 57.4 Å². The van der Waals surface area contributed by atoms with Gasteiger partial charge in [-0.1, -0.05) is 42.5 Å². The van der Waals surface area contributed by atoms with Crippen molar-refractivity contribution in [1.29, 1.82) is 0 Å². The second-order valence-electron chi connectivity index (χ2n) is 8.47. The molecule has 0 saturated heterocycles. The highest BCUT2D eigenvalue weighted by Gasteiger charge is 2.34. The number of hydrogen-bond donors (Lipinski definition) is 3. The van der Waals surface area contributed by atoms with Crippen molar-refractivity contribution in [1.82, 2.24) is 10.4 Å². The fourth-order valence-corrected chi connectivity index (χ4v) is 2.22. The fourth-order valence-electron chi connectivity index (χ4n) is 2.22. The number of hydrazine groups is 1. The van der Waals surface area contributed by atoms with E-state index in [4.69, 9.17) is 9.47 Å². The second kappa shape index (κ2) is 10.3. The maximum atomic E-state index is 12.6. The van der Waals surface area contributed by atoms with E-state index in [-0.39, 0.29) is 0 Å². The number of rotatable bonds is 5. The van der Waals surface area contributed by atoms with Crippen molar-refractivity contribution in [2.45, 2.75) is 64.9 Å². The van der Waals surface area contributed by atoms with Gasteiger partial charge in [0.1, 0.15) is 17.2 Å². The van der Waals surface area contributed by atoms with Gasteiger partial charge in [0.05, 0.1) is 12.7 Å². The molecule has 0 radical (unpaired) electrons. The van der Waals surface area contributed by atoms with Gasteiger partial charge in [-0.15, -0.1) is 0 Å². The zero-order chi connectivity index (χ0) is 22.2. The number of carbonyl (C=O) groups is 2. The molecule has 0 unspecified atom stereocenters. The van der Waals surface area contributed by atoms with Crippen LogP contribution in [0.4, 0.5) is 9.59 Å². The number of aliphatic hydroxyl groups is 2. The molecule has 0 aromatic heterocycles. The minimum Gasteiger partial charge on any atom is -0.443 e. The van der Waals surface area contributed by atoms with E-state index >= 15 is 0 Å². The summed E-state index contributed by atoms with van der Waals surface area (Å²) in [5, 5.41) is 21.1. The van der Waals surface area contributed by atoms with Gasteiger partial charge >= 0.3 is 12.2 Å². The van der Waals surface area contributed by atoms with E-state index in [1.807, 2.05) is 30.3 Å². The van der Waals surface area contributed by atoms with E-state index in [1.165, 1.54) is 6.08 Å². The number of aliphatic hydroxyl groups excluding tert-OH is 2. The minimum absolute atomic E-state index is 0.630. The van der Waals surface area contributed by atoms with Gasteiger partial charge in [0.15, 0.2) is 0 Å². The Hall–Kier alpha value is -2.58. The van der Waals surface area contributed by atoms with Crippen molar-refractivity contribution in [3.63, 3.8) is 0 Å². The molecule has 162 valence electrons. The molecule has 0 aliphatic rings. The highest BCUT2D eigenvalue weighted by molar-refractivity contribution is 5.75. The summed E-state index contributed by atoms with van der Waals surface area (Å²) in [6.07, 6.45) is -0.0726. The highest BCUT2D eigenvalue weighted by atomic mass is 16.6. The van der Waals surface area contributed by atoms with E-state index in [0.29, 0.717) is 0 Å². The Morgan fingerprint density at radius 2 is 1.62 bits per heavy atom. The zero-order valence-electron chi connectivity index (χ0n) is 17.9. The third kappa shape index (κ3) is 9.45. The third-order valence-corrected chi connectivity index (χ3v) is 3.40. The van der Waals surface area contributed by atoms with Crippen molar-refractivity contribution >= 4 is 18.3 Å². The lowest BCUT2D eigenvalue weighted by molar-refractivity contribution is -0.0343. The summed E-state index contributed by atoms with van der Waals surface area (Å²) in [4.78, 5) is 24.8. The molecule has 0 spiro atoms. The number of carbonyl (C=O) groups excluding carboxylic acids is 2. The van der Waals surface area contributed by atoms with Crippen molar-refractivity contribution in [2.75, 3.05) is 6.61 Å². The molecule has 8 nitrogen and oxygen atoms in total. The van der Waals surface area contributed by atoms with Crippen LogP contribution in [0.25, 0.3) is 6.08 Å². The molecule has 0 saturated carbocycles. The minimum atomic E-state index is -1.29. The van der Waals surface area contributed by atoms with Crippen LogP contribution in [-0.2, 0) is 9.47 Å². The molecule has 0 aliphatic heterocycles. The first-order valence-corrected chi connectivity index (χ1v) is 9.36. The first kappa shape index (κ1) is 24.5. The van der Waals surface area contributed by atoms with Gasteiger partial charge < -0.3 is 19.7 Å². The molecule has 2 amide bonds. The van der Waals surface area contributed by atoms with Gasteiger partial charge in [-0.3, -0.25) is 0 Å². The van der Waals surface area contributed by atoms with Crippen LogP contribution in [0.5, 0.6) is 0 Å². The van der Waals surface area contributed by atoms with E-state index < -0.39 is 42.1 Å². The fraction of sp³-hybridized carbons (Fsp3) is 0.524. The summed E-state index contributed by atoms with van der Waals surface area (Å²) >= 11 is 0. The number of amides is 2. The molecule has 8 heteroatoms. The van der Waals surface area contributed by atoms with Crippen LogP contribution in [0.2, 0.25) is 0 Å². The normalized spacial score (nSPS) is 14.2. The lowest BCUT2D eigenvalue weighted by atomic mass is 10.1. The standard InChI is InChI=1S/C21H32N2O6/c1-20(2,3)28-18(26)22-23(19(27)29-21(4,5)6)16(14-24)17(25)13-12-15-10-8-7-9-11-15/h7-13,16-17,24-25H,14H2,1-6H3,(H,22,26)/b13-12+/t16-,17+/m1/s1. The number of nitrogens with one attached hydrogen (secondary N) is 1. The van der Waals surface area contributed by atoms with Crippen molar-refractivity contribution in [3.05, 3.63) is 42.0 Å². The van der Waals surface area contributed by atoms with Crippen molar-refractivity contribution < 1.29 is 29.3 Å². The Kier molecular flexibility index (Phi) is 8.66. The second-order valence-corrected chi connectivity index (χ2v) is 8.47.